The highest BCUT2D eigenvalue weighted by Crippen LogP contribution is 2.39. The van der Waals surface area contributed by atoms with Crippen LogP contribution in [0.15, 0.2) is 18.2 Å². The molecule has 2 rings (SSSR count). The summed E-state index contributed by atoms with van der Waals surface area (Å²) in [7, 11) is 0. The van der Waals surface area contributed by atoms with Crippen LogP contribution in [0.4, 0.5) is 0 Å². The summed E-state index contributed by atoms with van der Waals surface area (Å²) in [6, 6.07) is 5.03. The van der Waals surface area contributed by atoms with Crippen molar-refractivity contribution in [2.24, 2.45) is 0 Å². The molecule has 1 aromatic carbocycles. The lowest BCUT2D eigenvalue weighted by molar-refractivity contribution is -0.0431. The average molecular weight is 222 g/mol. The molecule has 0 aromatic heterocycles. The molecule has 0 amide bonds. The average Bonchev–Trinajstić information content (AvgIpc) is 2.50. The molecule has 0 fully saturated rings. The summed E-state index contributed by atoms with van der Waals surface area (Å²) in [6.07, 6.45) is 0. The van der Waals surface area contributed by atoms with Crippen LogP contribution in [0.2, 0.25) is 0 Å². The number of fused-ring (bicyclic) bond motifs is 1. The molecule has 1 aliphatic heterocycles. The van der Waals surface area contributed by atoms with Crippen LogP contribution in [-0.4, -0.2) is 18.4 Å². The lowest BCUT2D eigenvalue weighted by atomic mass is 10.2. The number of ether oxygens (including phenoxy) is 3. The Kier molecular flexibility index (Phi) is 2.50. The van der Waals surface area contributed by atoms with Gasteiger partial charge in [0.1, 0.15) is 0 Å². The van der Waals surface area contributed by atoms with Crippen LogP contribution in [0.5, 0.6) is 11.5 Å². The Morgan fingerprint density at radius 1 is 1.31 bits per heavy atom. The largest absolute Gasteiger partial charge is 0.462 e. The summed E-state index contributed by atoms with van der Waals surface area (Å²) in [5.74, 6) is 0.211. The van der Waals surface area contributed by atoms with E-state index in [0.717, 1.165) is 0 Å². The molecule has 4 nitrogen and oxygen atoms in total. The predicted octanol–water partition coefficient (Wildman–Crippen LogP) is 2.37. The van der Waals surface area contributed by atoms with E-state index in [2.05, 4.69) is 0 Å². The van der Waals surface area contributed by atoms with E-state index in [-0.39, 0.29) is 5.97 Å². The molecule has 0 unspecified atom stereocenters. The zero-order chi connectivity index (χ0) is 11.8. The van der Waals surface area contributed by atoms with E-state index < -0.39 is 5.79 Å². The fourth-order valence-electron chi connectivity index (χ4n) is 1.56. The predicted molar refractivity (Wildman–Crippen MR) is 57.7 cm³/mol. The van der Waals surface area contributed by atoms with Crippen molar-refractivity contribution in [2.75, 3.05) is 6.61 Å². The molecule has 0 aliphatic carbocycles. The summed E-state index contributed by atoms with van der Waals surface area (Å²) < 4.78 is 16.0. The maximum atomic E-state index is 11.5. The van der Waals surface area contributed by atoms with Crippen molar-refractivity contribution in [3.63, 3.8) is 0 Å². The number of benzene rings is 1. The van der Waals surface area contributed by atoms with Crippen LogP contribution in [0.1, 0.15) is 31.1 Å². The van der Waals surface area contributed by atoms with E-state index in [1.54, 1.807) is 25.1 Å². The van der Waals surface area contributed by atoms with Gasteiger partial charge in [-0.15, -0.1) is 0 Å². The number of hydrogen-bond acceptors (Lipinski definition) is 4. The molecule has 16 heavy (non-hydrogen) atoms. The summed E-state index contributed by atoms with van der Waals surface area (Å²) in [5.41, 5.74) is 0.474. The van der Waals surface area contributed by atoms with Crippen LogP contribution in [0.3, 0.4) is 0 Å². The Bertz CT molecular complexity index is 423. The minimum absolute atomic E-state index is 0.349. The highest BCUT2D eigenvalue weighted by atomic mass is 16.7. The Labute approximate surface area is 94.1 Å². The first kappa shape index (κ1) is 10.8. The van der Waals surface area contributed by atoms with Crippen molar-refractivity contribution in [2.45, 2.75) is 26.6 Å². The van der Waals surface area contributed by atoms with E-state index in [1.165, 1.54) is 0 Å². The summed E-state index contributed by atoms with van der Waals surface area (Å²) in [6.45, 7) is 5.76. The highest BCUT2D eigenvalue weighted by Gasteiger charge is 2.32. The van der Waals surface area contributed by atoms with Gasteiger partial charge in [0.15, 0.2) is 11.5 Å². The minimum atomic E-state index is -0.671. The van der Waals surface area contributed by atoms with E-state index in [4.69, 9.17) is 14.2 Å². The maximum Gasteiger partial charge on any atom is 0.338 e. The smallest absolute Gasteiger partial charge is 0.338 e. The second kappa shape index (κ2) is 3.70. The number of hydrogen-bond donors (Lipinski definition) is 0. The molecule has 0 atom stereocenters. The molecule has 0 N–H and O–H groups in total. The molecule has 1 aliphatic rings. The molecular weight excluding hydrogens is 208 g/mol. The van der Waals surface area contributed by atoms with Gasteiger partial charge in [-0.3, -0.25) is 0 Å². The van der Waals surface area contributed by atoms with Gasteiger partial charge < -0.3 is 14.2 Å². The highest BCUT2D eigenvalue weighted by molar-refractivity contribution is 5.90. The van der Waals surface area contributed by atoms with Crippen molar-refractivity contribution in [3.05, 3.63) is 23.8 Å². The van der Waals surface area contributed by atoms with Gasteiger partial charge in [0.05, 0.1) is 12.2 Å². The third-order valence-corrected chi connectivity index (χ3v) is 2.17. The van der Waals surface area contributed by atoms with Crippen molar-refractivity contribution in [3.8, 4) is 11.5 Å². The van der Waals surface area contributed by atoms with Crippen molar-refractivity contribution >= 4 is 5.97 Å². The standard InChI is InChI=1S/C12H14O4/c1-4-14-11(13)8-5-6-9-10(7-8)16-12(2,3)15-9/h5-7H,4H2,1-3H3. The zero-order valence-electron chi connectivity index (χ0n) is 9.57. The summed E-state index contributed by atoms with van der Waals surface area (Å²) in [4.78, 5) is 11.5. The second-order valence-corrected chi connectivity index (χ2v) is 3.99. The number of rotatable bonds is 2. The molecule has 1 aromatic rings. The van der Waals surface area contributed by atoms with Gasteiger partial charge in [-0.25, -0.2) is 4.79 Å². The van der Waals surface area contributed by atoms with E-state index in [9.17, 15) is 4.79 Å². The molecule has 1 heterocycles. The van der Waals surface area contributed by atoms with Gasteiger partial charge in [-0.05, 0) is 25.1 Å². The van der Waals surface area contributed by atoms with Crippen LogP contribution < -0.4 is 9.47 Å². The quantitative estimate of drug-likeness (QED) is 0.720. The lowest BCUT2D eigenvalue weighted by Gasteiger charge is -2.16. The third kappa shape index (κ3) is 1.96. The van der Waals surface area contributed by atoms with E-state index in [1.807, 2.05) is 13.8 Å². The summed E-state index contributed by atoms with van der Waals surface area (Å²) in [5, 5.41) is 0. The van der Waals surface area contributed by atoms with Gasteiger partial charge in [-0.2, -0.15) is 0 Å². The van der Waals surface area contributed by atoms with Gasteiger partial charge in [0.2, 0.25) is 5.79 Å². The Balaban J connectivity index is 2.26. The van der Waals surface area contributed by atoms with Gasteiger partial charge >= 0.3 is 5.97 Å². The Morgan fingerprint density at radius 3 is 2.69 bits per heavy atom. The SMILES string of the molecule is CCOC(=O)c1ccc2c(c1)OC(C)(C)O2. The van der Waals surface area contributed by atoms with Crippen molar-refractivity contribution in [1.82, 2.24) is 0 Å². The molecule has 0 saturated carbocycles. The summed E-state index contributed by atoms with van der Waals surface area (Å²) >= 11 is 0. The number of esters is 1. The van der Waals surface area contributed by atoms with Crippen LogP contribution in [-0.2, 0) is 4.74 Å². The Hall–Kier alpha value is -1.71. The molecule has 4 heteroatoms. The number of carbonyl (C=O) groups excluding carboxylic acids is 1. The topological polar surface area (TPSA) is 44.8 Å². The second-order valence-electron chi connectivity index (χ2n) is 3.99. The zero-order valence-corrected chi connectivity index (χ0v) is 9.57. The maximum absolute atomic E-state index is 11.5. The first-order chi connectivity index (χ1) is 7.52. The van der Waals surface area contributed by atoms with Gasteiger partial charge in [0, 0.05) is 13.8 Å². The monoisotopic (exact) mass is 222 g/mol. The first-order valence-electron chi connectivity index (χ1n) is 5.21. The van der Waals surface area contributed by atoms with Crippen molar-refractivity contribution in [1.29, 1.82) is 0 Å². The molecule has 0 radical (unpaired) electrons. The molecule has 0 bridgehead atoms. The third-order valence-electron chi connectivity index (χ3n) is 2.17. The van der Waals surface area contributed by atoms with Crippen LogP contribution >= 0.6 is 0 Å². The van der Waals surface area contributed by atoms with Gasteiger partial charge in [-0.1, -0.05) is 0 Å². The minimum Gasteiger partial charge on any atom is -0.462 e. The van der Waals surface area contributed by atoms with E-state index in [0.29, 0.717) is 23.7 Å². The van der Waals surface area contributed by atoms with Crippen molar-refractivity contribution < 1.29 is 19.0 Å². The number of carbonyl (C=O) groups is 1. The lowest BCUT2D eigenvalue weighted by Crippen LogP contribution is -2.29. The molecule has 0 saturated heterocycles. The molecule has 86 valence electrons. The van der Waals surface area contributed by atoms with Crippen LogP contribution in [0, 0.1) is 0 Å². The normalized spacial score (nSPS) is 15.9. The Morgan fingerprint density at radius 2 is 2.00 bits per heavy atom. The molecule has 0 spiro atoms. The van der Waals surface area contributed by atoms with Gasteiger partial charge in [0.25, 0.3) is 0 Å². The van der Waals surface area contributed by atoms with Crippen LogP contribution in [0.25, 0.3) is 0 Å². The fraction of sp³-hybridized carbons (Fsp3) is 0.417. The molecular formula is C12H14O4. The first-order valence-corrected chi connectivity index (χ1v) is 5.21. The fourth-order valence-corrected chi connectivity index (χ4v) is 1.56. The van der Waals surface area contributed by atoms with E-state index >= 15 is 0 Å².